The third-order valence-corrected chi connectivity index (χ3v) is 3.06. The van der Waals surface area contributed by atoms with E-state index < -0.39 is 0 Å². The van der Waals surface area contributed by atoms with Gasteiger partial charge in [0, 0.05) is 5.56 Å². The van der Waals surface area contributed by atoms with E-state index in [1.807, 2.05) is 63.2 Å². The first-order valence-corrected chi connectivity index (χ1v) is 6.36. The molecule has 0 N–H and O–H groups in total. The van der Waals surface area contributed by atoms with Crippen molar-refractivity contribution >= 4 is 5.78 Å². The molecule has 0 heterocycles. The van der Waals surface area contributed by atoms with Gasteiger partial charge in [-0.25, -0.2) is 0 Å². The summed E-state index contributed by atoms with van der Waals surface area (Å²) in [4.78, 5) is 12.0. The summed E-state index contributed by atoms with van der Waals surface area (Å²) >= 11 is 0. The van der Waals surface area contributed by atoms with Crippen LogP contribution in [0.25, 0.3) is 0 Å². The molecule has 98 valence electrons. The lowest BCUT2D eigenvalue weighted by molar-refractivity contribution is 0.0921. The molecule has 2 heteroatoms. The minimum Gasteiger partial charge on any atom is -0.485 e. The Labute approximate surface area is 114 Å². The Morgan fingerprint density at radius 3 is 2.21 bits per heavy atom. The standard InChI is InChI=1S/C17H18O2/c1-12-4-7-15(8-5-12)16(18)11-19-17-9-6-13(2)10-14(17)3/h4-10H,11H2,1-3H3. The topological polar surface area (TPSA) is 26.3 Å². The average Bonchev–Trinajstić information content (AvgIpc) is 2.38. The Kier molecular flexibility index (Phi) is 4.00. The van der Waals surface area contributed by atoms with Gasteiger partial charge in [0.15, 0.2) is 12.4 Å². The van der Waals surface area contributed by atoms with Crippen LogP contribution < -0.4 is 4.74 Å². The first-order valence-electron chi connectivity index (χ1n) is 6.36. The molecular weight excluding hydrogens is 236 g/mol. The predicted octanol–water partition coefficient (Wildman–Crippen LogP) is 3.87. The van der Waals surface area contributed by atoms with Crippen molar-refractivity contribution in [1.82, 2.24) is 0 Å². The fraction of sp³-hybridized carbons (Fsp3) is 0.235. The summed E-state index contributed by atoms with van der Waals surface area (Å²) in [5, 5.41) is 0. The Morgan fingerprint density at radius 2 is 1.58 bits per heavy atom. The highest BCUT2D eigenvalue weighted by atomic mass is 16.5. The van der Waals surface area contributed by atoms with Crippen molar-refractivity contribution < 1.29 is 9.53 Å². The summed E-state index contributed by atoms with van der Waals surface area (Å²) in [6.07, 6.45) is 0. The molecule has 0 aliphatic heterocycles. The Bertz CT molecular complexity index is 583. The van der Waals surface area contributed by atoms with Crippen molar-refractivity contribution in [3.63, 3.8) is 0 Å². The van der Waals surface area contributed by atoms with E-state index in [0.717, 1.165) is 16.9 Å². The van der Waals surface area contributed by atoms with E-state index in [9.17, 15) is 4.79 Å². The van der Waals surface area contributed by atoms with E-state index in [-0.39, 0.29) is 12.4 Å². The number of aryl methyl sites for hydroxylation is 3. The summed E-state index contributed by atoms with van der Waals surface area (Å²) in [7, 11) is 0. The molecular formula is C17H18O2. The van der Waals surface area contributed by atoms with Gasteiger partial charge in [-0.05, 0) is 32.4 Å². The van der Waals surface area contributed by atoms with Gasteiger partial charge in [-0.3, -0.25) is 4.79 Å². The average molecular weight is 254 g/mol. The van der Waals surface area contributed by atoms with Crippen LogP contribution in [0, 0.1) is 20.8 Å². The van der Waals surface area contributed by atoms with Gasteiger partial charge >= 0.3 is 0 Å². The first kappa shape index (κ1) is 13.3. The van der Waals surface area contributed by atoms with Crippen molar-refractivity contribution in [1.29, 1.82) is 0 Å². The molecule has 0 saturated heterocycles. The van der Waals surface area contributed by atoms with E-state index in [1.165, 1.54) is 5.56 Å². The number of carbonyl (C=O) groups excluding carboxylic acids is 1. The fourth-order valence-electron chi connectivity index (χ4n) is 1.93. The molecule has 2 aromatic carbocycles. The van der Waals surface area contributed by atoms with E-state index in [2.05, 4.69) is 0 Å². The van der Waals surface area contributed by atoms with E-state index >= 15 is 0 Å². The predicted molar refractivity (Wildman–Crippen MR) is 76.9 cm³/mol. The number of rotatable bonds is 4. The zero-order chi connectivity index (χ0) is 13.8. The SMILES string of the molecule is Cc1ccc(C(=O)COc2ccc(C)cc2C)cc1. The van der Waals surface area contributed by atoms with Crippen LogP contribution in [0.15, 0.2) is 42.5 Å². The molecule has 2 aromatic rings. The normalized spacial score (nSPS) is 10.3. The lowest BCUT2D eigenvalue weighted by Crippen LogP contribution is -2.12. The molecule has 0 aliphatic carbocycles. The highest BCUT2D eigenvalue weighted by Crippen LogP contribution is 2.19. The van der Waals surface area contributed by atoms with Crippen LogP contribution in [-0.4, -0.2) is 12.4 Å². The molecule has 2 nitrogen and oxygen atoms in total. The Morgan fingerprint density at radius 1 is 0.947 bits per heavy atom. The largest absolute Gasteiger partial charge is 0.485 e. The molecule has 0 radical (unpaired) electrons. The van der Waals surface area contributed by atoms with Gasteiger partial charge in [0.2, 0.25) is 0 Å². The Balaban J connectivity index is 2.02. The molecule has 0 amide bonds. The number of Topliss-reactive ketones (excluding diaryl/α,β-unsaturated/α-hetero) is 1. The maximum Gasteiger partial charge on any atom is 0.200 e. The summed E-state index contributed by atoms with van der Waals surface area (Å²) in [6.45, 7) is 6.10. The van der Waals surface area contributed by atoms with E-state index in [1.54, 1.807) is 0 Å². The van der Waals surface area contributed by atoms with Gasteiger partial charge in [0.25, 0.3) is 0 Å². The van der Waals surface area contributed by atoms with Gasteiger partial charge in [0.05, 0.1) is 0 Å². The van der Waals surface area contributed by atoms with E-state index in [0.29, 0.717) is 5.56 Å². The molecule has 0 spiro atoms. The van der Waals surface area contributed by atoms with Crippen molar-refractivity contribution in [3.05, 3.63) is 64.7 Å². The summed E-state index contributed by atoms with van der Waals surface area (Å²) < 4.78 is 5.59. The molecule has 0 aromatic heterocycles. The molecule has 0 saturated carbocycles. The van der Waals surface area contributed by atoms with Crippen LogP contribution in [0.1, 0.15) is 27.0 Å². The second-order valence-electron chi connectivity index (χ2n) is 4.85. The van der Waals surface area contributed by atoms with Gasteiger partial charge in [-0.15, -0.1) is 0 Å². The molecule has 0 atom stereocenters. The summed E-state index contributed by atoms with van der Waals surface area (Å²) in [6, 6.07) is 13.5. The molecule has 0 bridgehead atoms. The Hall–Kier alpha value is -2.09. The number of carbonyl (C=O) groups is 1. The van der Waals surface area contributed by atoms with Crippen LogP contribution >= 0.6 is 0 Å². The van der Waals surface area contributed by atoms with E-state index in [4.69, 9.17) is 4.74 Å². The third kappa shape index (κ3) is 3.44. The van der Waals surface area contributed by atoms with Crippen molar-refractivity contribution in [2.75, 3.05) is 6.61 Å². The number of benzene rings is 2. The first-order chi connectivity index (χ1) is 9.06. The monoisotopic (exact) mass is 254 g/mol. The van der Waals surface area contributed by atoms with Crippen LogP contribution in [-0.2, 0) is 0 Å². The quantitative estimate of drug-likeness (QED) is 0.774. The van der Waals surface area contributed by atoms with Crippen molar-refractivity contribution in [2.45, 2.75) is 20.8 Å². The smallest absolute Gasteiger partial charge is 0.200 e. The third-order valence-electron chi connectivity index (χ3n) is 3.06. The maximum absolute atomic E-state index is 12.0. The second kappa shape index (κ2) is 5.70. The van der Waals surface area contributed by atoms with Gasteiger partial charge in [-0.1, -0.05) is 47.5 Å². The number of ketones is 1. The van der Waals surface area contributed by atoms with Crippen LogP contribution in [0.2, 0.25) is 0 Å². The van der Waals surface area contributed by atoms with Crippen molar-refractivity contribution in [2.24, 2.45) is 0 Å². The van der Waals surface area contributed by atoms with Crippen LogP contribution in [0.3, 0.4) is 0 Å². The lowest BCUT2D eigenvalue weighted by atomic mass is 10.1. The zero-order valence-corrected chi connectivity index (χ0v) is 11.6. The van der Waals surface area contributed by atoms with Crippen LogP contribution in [0.4, 0.5) is 0 Å². The van der Waals surface area contributed by atoms with Gasteiger partial charge < -0.3 is 4.74 Å². The summed E-state index contributed by atoms with van der Waals surface area (Å²) in [5.74, 6) is 0.769. The van der Waals surface area contributed by atoms with Crippen molar-refractivity contribution in [3.8, 4) is 5.75 Å². The van der Waals surface area contributed by atoms with Gasteiger partial charge in [-0.2, -0.15) is 0 Å². The second-order valence-corrected chi connectivity index (χ2v) is 4.85. The highest BCUT2D eigenvalue weighted by molar-refractivity contribution is 5.97. The maximum atomic E-state index is 12.0. The molecule has 19 heavy (non-hydrogen) atoms. The van der Waals surface area contributed by atoms with Crippen LogP contribution in [0.5, 0.6) is 5.75 Å². The summed E-state index contributed by atoms with van der Waals surface area (Å²) in [5.41, 5.74) is 4.08. The number of hydrogen-bond donors (Lipinski definition) is 0. The number of hydrogen-bond acceptors (Lipinski definition) is 2. The lowest BCUT2D eigenvalue weighted by Gasteiger charge is -2.09. The molecule has 2 rings (SSSR count). The number of ether oxygens (including phenoxy) is 1. The molecule has 0 unspecified atom stereocenters. The fourth-order valence-corrected chi connectivity index (χ4v) is 1.93. The molecule has 0 aliphatic rings. The minimum absolute atomic E-state index is 0.0000231. The zero-order valence-electron chi connectivity index (χ0n) is 11.6. The minimum atomic E-state index is -0.0000231. The van der Waals surface area contributed by atoms with Gasteiger partial charge in [0.1, 0.15) is 5.75 Å². The molecule has 0 fully saturated rings. The highest BCUT2D eigenvalue weighted by Gasteiger charge is 2.07.